The highest BCUT2D eigenvalue weighted by atomic mass is 15.1. The van der Waals surface area contributed by atoms with Crippen LogP contribution in [0.2, 0.25) is 0 Å². The van der Waals surface area contributed by atoms with Crippen molar-refractivity contribution in [2.24, 2.45) is 5.92 Å². The molecule has 0 aliphatic rings. The molecule has 0 amide bonds. The molecule has 0 aromatic rings. The van der Waals surface area contributed by atoms with Crippen molar-refractivity contribution in [3.05, 3.63) is 23.9 Å². The highest BCUT2D eigenvalue weighted by Gasteiger charge is 2.28. The van der Waals surface area contributed by atoms with E-state index in [1.807, 2.05) is 0 Å². The van der Waals surface area contributed by atoms with Crippen LogP contribution in [-0.4, -0.2) is 16.8 Å². The van der Waals surface area contributed by atoms with Gasteiger partial charge in [0.2, 0.25) is 0 Å². The van der Waals surface area contributed by atoms with E-state index >= 15 is 0 Å². The highest BCUT2D eigenvalue weighted by Crippen LogP contribution is 2.22. The summed E-state index contributed by atoms with van der Waals surface area (Å²) in [6.45, 7) is 21.7. The Hall–Kier alpha value is -0.850. The molecule has 0 spiro atoms. The van der Waals surface area contributed by atoms with Gasteiger partial charge in [0, 0.05) is 20.3 Å². The molecule has 0 aromatic heterocycles. The second kappa shape index (κ2) is 7.56. The van der Waals surface area contributed by atoms with E-state index in [-0.39, 0.29) is 5.54 Å². The van der Waals surface area contributed by atoms with Crippen LogP contribution >= 0.6 is 0 Å². The van der Waals surface area contributed by atoms with Crippen molar-refractivity contribution in [1.82, 2.24) is 0 Å². The lowest BCUT2D eigenvalue weighted by molar-refractivity contribution is -0.550. The first-order valence-electron chi connectivity index (χ1n) is 7.21. The molecule has 0 unspecified atom stereocenters. The fraction of sp³-hybridized carbons (Fsp3) is 0.706. The minimum absolute atomic E-state index is 0.0913. The average Bonchev–Trinajstić information content (AvgIpc) is 2.32. The Morgan fingerprint density at radius 2 is 1.83 bits per heavy atom. The summed E-state index contributed by atoms with van der Waals surface area (Å²) in [5.41, 5.74) is 2.70. The van der Waals surface area contributed by atoms with Crippen LogP contribution < -0.4 is 0 Å². The number of hydrogen-bond acceptors (Lipinski definition) is 0. The standard InChI is InChI=1S/C17H32N/c1-9-16(12-11-14(3)4)13-15(5)18(8)17(6,7)10-2/h12,14H,5,8-11,13H2,1-4,6-7H3/q+1/b16-12-. The zero-order valence-corrected chi connectivity index (χ0v) is 13.3. The van der Waals surface area contributed by atoms with Crippen LogP contribution in [0.15, 0.2) is 23.9 Å². The summed E-state index contributed by atoms with van der Waals surface area (Å²) in [5.74, 6) is 0.725. The summed E-state index contributed by atoms with van der Waals surface area (Å²) < 4.78 is 2.09. The van der Waals surface area contributed by atoms with Crippen LogP contribution in [0.1, 0.15) is 67.2 Å². The monoisotopic (exact) mass is 250 g/mol. The largest absolute Gasteiger partial charge is 0.205 e. The van der Waals surface area contributed by atoms with E-state index in [9.17, 15) is 0 Å². The van der Waals surface area contributed by atoms with Crippen molar-refractivity contribution in [2.45, 2.75) is 72.8 Å². The molecule has 0 saturated carbocycles. The van der Waals surface area contributed by atoms with Crippen LogP contribution in [-0.2, 0) is 0 Å². The Labute approximate surface area is 114 Å². The summed E-state index contributed by atoms with van der Waals surface area (Å²) in [4.78, 5) is 0. The van der Waals surface area contributed by atoms with Crippen molar-refractivity contribution in [1.29, 1.82) is 0 Å². The van der Waals surface area contributed by atoms with Gasteiger partial charge < -0.3 is 0 Å². The minimum atomic E-state index is 0.0913. The van der Waals surface area contributed by atoms with Crippen molar-refractivity contribution < 1.29 is 4.58 Å². The number of rotatable bonds is 8. The predicted molar refractivity (Wildman–Crippen MR) is 83.3 cm³/mol. The fourth-order valence-corrected chi connectivity index (χ4v) is 1.72. The van der Waals surface area contributed by atoms with Gasteiger partial charge in [-0.25, -0.2) is 4.58 Å². The topological polar surface area (TPSA) is 3.01 Å². The minimum Gasteiger partial charge on any atom is -0.205 e. The van der Waals surface area contributed by atoms with E-state index in [2.05, 4.69) is 65.5 Å². The molecule has 0 aliphatic carbocycles. The van der Waals surface area contributed by atoms with Gasteiger partial charge in [0.1, 0.15) is 6.72 Å². The van der Waals surface area contributed by atoms with Gasteiger partial charge in [0.25, 0.3) is 0 Å². The summed E-state index contributed by atoms with van der Waals surface area (Å²) in [6, 6.07) is 0. The zero-order chi connectivity index (χ0) is 14.3. The van der Waals surface area contributed by atoms with Gasteiger partial charge in [-0.2, -0.15) is 0 Å². The summed E-state index contributed by atoms with van der Waals surface area (Å²) >= 11 is 0. The first kappa shape index (κ1) is 17.2. The second-order valence-electron chi connectivity index (χ2n) is 6.18. The van der Waals surface area contributed by atoms with Crippen molar-refractivity contribution in [2.75, 3.05) is 0 Å². The summed E-state index contributed by atoms with van der Waals surface area (Å²) in [7, 11) is 0. The van der Waals surface area contributed by atoms with Gasteiger partial charge in [-0.1, -0.05) is 39.3 Å². The first-order chi connectivity index (χ1) is 8.24. The van der Waals surface area contributed by atoms with Crippen molar-refractivity contribution in [3.8, 4) is 0 Å². The molecule has 0 rings (SSSR count). The van der Waals surface area contributed by atoms with Gasteiger partial charge in [-0.05, 0) is 25.3 Å². The highest BCUT2D eigenvalue weighted by molar-refractivity contribution is 5.20. The maximum atomic E-state index is 4.21. The Morgan fingerprint density at radius 3 is 2.22 bits per heavy atom. The summed E-state index contributed by atoms with van der Waals surface area (Å²) in [5, 5.41) is 0. The second-order valence-corrected chi connectivity index (χ2v) is 6.18. The quantitative estimate of drug-likeness (QED) is 0.317. The third-order valence-electron chi connectivity index (χ3n) is 3.74. The lowest BCUT2D eigenvalue weighted by Crippen LogP contribution is -2.33. The molecule has 0 N–H and O–H groups in total. The normalized spacial score (nSPS) is 12.9. The smallest absolute Gasteiger partial charge is 0.178 e. The van der Waals surface area contributed by atoms with E-state index in [1.165, 1.54) is 5.57 Å². The summed E-state index contributed by atoms with van der Waals surface area (Å²) in [6.07, 6.45) is 6.67. The Kier molecular flexibility index (Phi) is 7.20. The fourth-order valence-electron chi connectivity index (χ4n) is 1.72. The molecule has 0 bridgehead atoms. The van der Waals surface area contributed by atoms with Gasteiger partial charge in [0.15, 0.2) is 11.2 Å². The van der Waals surface area contributed by atoms with E-state index in [1.54, 1.807) is 0 Å². The van der Waals surface area contributed by atoms with Crippen LogP contribution in [0, 0.1) is 5.92 Å². The molecule has 0 saturated heterocycles. The van der Waals surface area contributed by atoms with Crippen molar-refractivity contribution >= 4 is 6.72 Å². The lowest BCUT2D eigenvalue weighted by atomic mass is 9.98. The molecule has 0 heterocycles. The van der Waals surface area contributed by atoms with E-state index in [0.717, 1.165) is 37.3 Å². The molecular weight excluding hydrogens is 218 g/mol. The number of hydrogen-bond donors (Lipinski definition) is 0. The number of allylic oxidation sites excluding steroid dienone is 2. The first-order valence-corrected chi connectivity index (χ1v) is 7.21. The lowest BCUT2D eigenvalue weighted by Gasteiger charge is -2.21. The average molecular weight is 250 g/mol. The molecule has 0 atom stereocenters. The Morgan fingerprint density at radius 1 is 1.28 bits per heavy atom. The third-order valence-corrected chi connectivity index (χ3v) is 3.74. The molecule has 0 radical (unpaired) electrons. The molecule has 1 heteroatoms. The predicted octanol–water partition coefficient (Wildman–Crippen LogP) is 5.17. The van der Waals surface area contributed by atoms with E-state index in [0.29, 0.717) is 0 Å². The molecule has 0 aromatic carbocycles. The Balaban J connectivity index is 4.63. The van der Waals surface area contributed by atoms with Crippen LogP contribution in [0.3, 0.4) is 0 Å². The maximum Gasteiger partial charge on any atom is 0.178 e. The maximum absolute atomic E-state index is 4.21. The van der Waals surface area contributed by atoms with Gasteiger partial charge >= 0.3 is 0 Å². The number of nitrogens with zero attached hydrogens (tertiary/aromatic N) is 1. The molecule has 0 aliphatic heterocycles. The van der Waals surface area contributed by atoms with Crippen LogP contribution in [0.4, 0.5) is 0 Å². The SMILES string of the molecule is C=C(C/C(=C\CC(C)C)CC)[N+](=C)C(C)(C)CC. The zero-order valence-electron chi connectivity index (χ0n) is 13.3. The van der Waals surface area contributed by atoms with Gasteiger partial charge in [-0.3, -0.25) is 0 Å². The molecule has 1 nitrogen and oxygen atoms in total. The molecular formula is C17H32N+. The van der Waals surface area contributed by atoms with Gasteiger partial charge in [-0.15, -0.1) is 0 Å². The van der Waals surface area contributed by atoms with Gasteiger partial charge in [0.05, 0.1) is 6.42 Å². The van der Waals surface area contributed by atoms with Crippen LogP contribution in [0.25, 0.3) is 0 Å². The van der Waals surface area contributed by atoms with Crippen molar-refractivity contribution in [3.63, 3.8) is 0 Å². The third kappa shape index (κ3) is 5.66. The molecule has 104 valence electrons. The van der Waals surface area contributed by atoms with E-state index < -0.39 is 0 Å². The molecule has 18 heavy (non-hydrogen) atoms. The van der Waals surface area contributed by atoms with E-state index in [4.69, 9.17) is 0 Å². The molecule has 0 fully saturated rings. The Bertz CT molecular complexity index is 319. The van der Waals surface area contributed by atoms with Crippen LogP contribution in [0.5, 0.6) is 0 Å².